The summed E-state index contributed by atoms with van der Waals surface area (Å²) in [7, 11) is 1.52. The van der Waals surface area contributed by atoms with Crippen molar-refractivity contribution in [3.05, 3.63) is 51.8 Å². The number of rotatable bonds is 6. The normalized spacial score (nSPS) is 10.9. The predicted molar refractivity (Wildman–Crippen MR) is 104 cm³/mol. The van der Waals surface area contributed by atoms with Gasteiger partial charge in [0.05, 0.1) is 12.8 Å². The van der Waals surface area contributed by atoms with Gasteiger partial charge >= 0.3 is 11.8 Å². The molecule has 0 aliphatic heterocycles. The smallest absolute Gasteiger partial charge is 0.329 e. The van der Waals surface area contributed by atoms with E-state index in [4.69, 9.17) is 4.74 Å². The number of benzene rings is 1. The fourth-order valence-corrected chi connectivity index (χ4v) is 2.73. The first-order valence-electron chi connectivity index (χ1n) is 7.99. The molecule has 0 saturated heterocycles. The van der Waals surface area contributed by atoms with Crippen LogP contribution in [-0.4, -0.2) is 42.9 Å². The molecule has 8 heteroatoms. The Labute approximate surface area is 160 Å². The van der Waals surface area contributed by atoms with E-state index in [1.54, 1.807) is 0 Å². The molecule has 1 aromatic carbocycles. The van der Waals surface area contributed by atoms with Gasteiger partial charge in [-0.05, 0) is 44.2 Å². The molecule has 26 heavy (non-hydrogen) atoms. The van der Waals surface area contributed by atoms with Gasteiger partial charge in [0, 0.05) is 40.8 Å². The third kappa shape index (κ3) is 5.03. The third-order valence-electron chi connectivity index (χ3n) is 3.72. The largest absolute Gasteiger partial charge is 0.383 e. The molecule has 0 saturated carbocycles. The number of nitrogens with zero attached hydrogens (tertiary/aromatic N) is 2. The highest BCUT2D eigenvalue weighted by Gasteiger charge is 2.12. The molecular weight excluding hydrogens is 400 g/mol. The first-order chi connectivity index (χ1) is 12.4. The molecule has 0 unspecified atom stereocenters. The summed E-state index contributed by atoms with van der Waals surface area (Å²) in [6.45, 7) is 4.56. The van der Waals surface area contributed by atoms with E-state index in [0.717, 1.165) is 27.1 Å². The zero-order valence-electron chi connectivity index (χ0n) is 14.9. The zero-order chi connectivity index (χ0) is 19.1. The van der Waals surface area contributed by atoms with E-state index in [2.05, 4.69) is 36.3 Å². The van der Waals surface area contributed by atoms with Crippen molar-refractivity contribution in [3.8, 4) is 5.69 Å². The van der Waals surface area contributed by atoms with Gasteiger partial charge in [0.15, 0.2) is 0 Å². The van der Waals surface area contributed by atoms with Gasteiger partial charge in [0.25, 0.3) is 0 Å². The van der Waals surface area contributed by atoms with Gasteiger partial charge in [0.1, 0.15) is 0 Å². The van der Waals surface area contributed by atoms with Crippen molar-refractivity contribution in [1.29, 1.82) is 0 Å². The van der Waals surface area contributed by atoms with Crippen LogP contribution in [0.15, 0.2) is 39.9 Å². The molecule has 0 bridgehead atoms. The van der Waals surface area contributed by atoms with E-state index >= 15 is 0 Å². The molecule has 2 rings (SSSR count). The van der Waals surface area contributed by atoms with Crippen LogP contribution in [0.5, 0.6) is 0 Å². The van der Waals surface area contributed by atoms with Crippen LogP contribution in [0.2, 0.25) is 0 Å². The molecular formula is C18H21BrN4O3. The summed E-state index contributed by atoms with van der Waals surface area (Å²) < 4.78 is 7.90. The van der Waals surface area contributed by atoms with Crippen LogP contribution in [0.1, 0.15) is 17.0 Å². The molecule has 0 atom stereocenters. The van der Waals surface area contributed by atoms with Crippen LogP contribution in [0.4, 0.5) is 0 Å². The molecule has 0 fully saturated rings. The SMILES string of the molecule is COCCNC(=O)C(=O)N/N=C\c1cc(C)n(-c2ccc(Br)cc2)c1C. The van der Waals surface area contributed by atoms with Gasteiger partial charge in [-0.1, -0.05) is 15.9 Å². The highest BCUT2D eigenvalue weighted by Crippen LogP contribution is 2.21. The Bertz CT molecular complexity index is 813. The first kappa shape index (κ1) is 19.9. The minimum Gasteiger partial charge on any atom is -0.383 e. The average Bonchev–Trinajstić information content (AvgIpc) is 2.89. The van der Waals surface area contributed by atoms with Crippen molar-refractivity contribution >= 4 is 34.0 Å². The second-order valence-corrected chi connectivity index (χ2v) is 6.50. The Morgan fingerprint density at radius 3 is 2.58 bits per heavy atom. The Kier molecular flexibility index (Phi) is 7.11. The number of hydrazone groups is 1. The summed E-state index contributed by atoms with van der Waals surface area (Å²) in [6, 6.07) is 9.94. The van der Waals surface area contributed by atoms with Crippen LogP contribution >= 0.6 is 15.9 Å². The summed E-state index contributed by atoms with van der Waals surface area (Å²) in [5, 5.41) is 6.30. The lowest BCUT2D eigenvalue weighted by atomic mass is 10.2. The highest BCUT2D eigenvalue weighted by atomic mass is 79.9. The molecule has 0 aliphatic carbocycles. The van der Waals surface area contributed by atoms with Crippen LogP contribution in [-0.2, 0) is 14.3 Å². The monoisotopic (exact) mass is 420 g/mol. The number of hydrogen-bond acceptors (Lipinski definition) is 4. The highest BCUT2D eigenvalue weighted by molar-refractivity contribution is 9.10. The molecule has 1 aromatic heterocycles. The van der Waals surface area contributed by atoms with Gasteiger partial charge in [0.2, 0.25) is 0 Å². The summed E-state index contributed by atoms with van der Waals surface area (Å²) in [5.41, 5.74) is 6.12. The maximum atomic E-state index is 11.7. The van der Waals surface area contributed by atoms with Crippen LogP contribution in [0.3, 0.4) is 0 Å². The Morgan fingerprint density at radius 2 is 1.92 bits per heavy atom. The lowest BCUT2D eigenvalue weighted by Crippen LogP contribution is -2.39. The Hall–Kier alpha value is -2.45. The van der Waals surface area contributed by atoms with Crippen LogP contribution in [0.25, 0.3) is 5.69 Å². The number of aromatic nitrogens is 1. The minimum absolute atomic E-state index is 0.265. The lowest BCUT2D eigenvalue weighted by molar-refractivity contribution is -0.139. The number of methoxy groups -OCH3 is 1. The van der Waals surface area contributed by atoms with E-state index in [-0.39, 0.29) is 6.54 Å². The average molecular weight is 421 g/mol. The Morgan fingerprint density at radius 1 is 1.23 bits per heavy atom. The van der Waals surface area contributed by atoms with E-state index in [9.17, 15) is 9.59 Å². The molecule has 0 aliphatic rings. The van der Waals surface area contributed by atoms with Gasteiger partial charge in [-0.3, -0.25) is 9.59 Å². The second-order valence-electron chi connectivity index (χ2n) is 5.59. The third-order valence-corrected chi connectivity index (χ3v) is 4.25. The van der Waals surface area contributed by atoms with Crippen molar-refractivity contribution < 1.29 is 14.3 Å². The zero-order valence-corrected chi connectivity index (χ0v) is 16.5. The van der Waals surface area contributed by atoms with E-state index < -0.39 is 11.8 Å². The topological polar surface area (TPSA) is 84.7 Å². The van der Waals surface area contributed by atoms with Crippen molar-refractivity contribution in [2.45, 2.75) is 13.8 Å². The van der Waals surface area contributed by atoms with E-state index in [0.29, 0.717) is 6.61 Å². The number of halogens is 1. The number of carbonyl (C=O) groups is 2. The molecule has 0 spiro atoms. The van der Waals surface area contributed by atoms with Crippen molar-refractivity contribution in [2.24, 2.45) is 5.10 Å². The summed E-state index contributed by atoms with van der Waals surface area (Å²) in [6.07, 6.45) is 1.53. The van der Waals surface area contributed by atoms with Gasteiger partial charge in [-0.15, -0.1) is 0 Å². The minimum atomic E-state index is -0.820. The second kappa shape index (κ2) is 9.30. The molecule has 0 radical (unpaired) electrons. The summed E-state index contributed by atoms with van der Waals surface area (Å²) >= 11 is 3.43. The van der Waals surface area contributed by atoms with Gasteiger partial charge < -0.3 is 14.6 Å². The molecule has 138 valence electrons. The fraction of sp³-hybridized carbons (Fsp3) is 0.278. The molecule has 2 aromatic rings. The van der Waals surface area contributed by atoms with Crippen molar-refractivity contribution in [2.75, 3.05) is 20.3 Å². The molecule has 1 heterocycles. The van der Waals surface area contributed by atoms with Gasteiger partial charge in [-0.2, -0.15) is 5.10 Å². The quantitative estimate of drug-likeness (QED) is 0.324. The number of nitrogens with one attached hydrogen (secondary N) is 2. The standard InChI is InChI=1S/C18H21BrN4O3/c1-12-10-14(11-21-22-18(25)17(24)20-8-9-26-3)13(2)23(12)16-6-4-15(19)5-7-16/h4-7,10-11H,8-9H2,1-3H3,(H,20,24)(H,22,25)/b21-11-. The number of hydrogen-bond donors (Lipinski definition) is 2. The summed E-state index contributed by atoms with van der Waals surface area (Å²) in [5.74, 6) is -1.57. The number of ether oxygens (including phenoxy) is 1. The Balaban J connectivity index is 2.05. The fourth-order valence-electron chi connectivity index (χ4n) is 2.46. The van der Waals surface area contributed by atoms with E-state index in [1.165, 1.54) is 13.3 Å². The van der Waals surface area contributed by atoms with E-state index in [1.807, 2.05) is 44.2 Å². The molecule has 2 amide bonds. The van der Waals surface area contributed by atoms with Crippen molar-refractivity contribution in [3.63, 3.8) is 0 Å². The predicted octanol–water partition coefficient (Wildman–Crippen LogP) is 2.07. The van der Waals surface area contributed by atoms with Crippen LogP contribution < -0.4 is 10.7 Å². The molecule has 2 N–H and O–H groups in total. The van der Waals surface area contributed by atoms with Gasteiger partial charge in [-0.25, -0.2) is 5.43 Å². The first-order valence-corrected chi connectivity index (χ1v) is 8.78. The number of carbonyl (C=O) groups excluding carboxylic acids is 2. The maximum absolute atomic E-state index is 11.7. The van der Waals surface area contributed by atoms with Crippen molar-refractivity contribution in [1.82, 2.24) is 15.3 Å². The number of amides is 2. The lowest BCUT2D eigenvalue weighted by Gasteiger charge is -2.09. The molecule has 7 nitrogen and oxygen atoms in total. The maximum Gasteiger partial charge on any atom is 0.329 e. The summed E-state index contributed by atoms with van der Waals surface area (Å²) in [4.78, 5) is 23.2. The number of aryl methyl sites for hydroxylation is 1. The van der Waals surface area contributed by atoms with Crippen LogP contribution in [0, 0.1) is 13.8 Å².